The molecule has 0 aromatic rings. The first-order valence-electron chi connectivity index (χ1n) is 3.91. The average Bonchev–Trinajstić information content (AvgIpc) is 1.96. The van der Waals surface area contributed by atoms with E-state index in [1.807, 2.05) is 0 Å². The van der Waals surface area contributed by atoms with Crippen molar-refractivity contribution in [2.45, 2.75) is 26.3 Å². The van der Waals surface area contributed by atoms with E-state index in [1.165, 1.54) is 6.42 Å². The lowest BCUT2D eigenvalue weighted by atomic mass is 10.0. The summed E-state index contributed by atoms with van der Waals surface area (Å²) in [5.74, 6) is 0.702. The Hall–Kier alpha value is -0.525. The molecule has 1 rings (SSSR count). The first-order valence-corrected chi connectivity index (χ1v) is 3.91. The maximum atomic E-state index is 4.49. The number of hydrogen-bond donors (Lipinski definition) is 0. The van der Waals surface area contributed by atoms with Crippen LogP contribution in [-0.4, -0.2) is 19.5 Å². The van der Waals surface area contributed by atoms with E-state index in [1.54, 1.807) is 0 Å². The van der Waals surface area contributed by atoms with E-state index >= 15 is 0 Å². The van der Waals surface area contributed by atoms with Crippen molar-refractivity contribution in [2.24, 2.45) is 10.9 Å². The third kappa shape index (κ3) is 1.73. The lowest BCUT2D eigenvalue weighted by Crippen LogP contribution is -2.10. The Bertz CT molecular complexity index is 172. The summed E-state index contributed by atoms with van der Waals surface area (Å²) in [6, 6.07) is 0.495. The minimum absolute atomic E-state index is 0.495. The van der Waals surface area contributed by atoms with Gasteiger partial charge in [0.25, 0.3) is 0 Å². The Morgan fingerprint density at radius 2 is 2.30 bits per heavy atom. The van der Waals surface area contributed by atoms with Gasteiger partial charge in [-0.05, 0) is 24.9 Å². The highest BCUT2D eigenvalue weighted by molar-refractivity contribution is 6.63. The maximum Gasteiger partial charge on any atom is 0.163 e. The fourth-order valence-electron chi connectivity index (χ4n) is 1.14. The summed E-state index contributed by atoms with van der Waals surface area (Å²) in [7, 11) is 2.06. The van der Waals surface area contributed by atoms with Crippen LogP contribution in [0.15, 0.2) is 17.1 Å². The van der Waals surface area contributed by atoms with Crippen molar-refractivity contribution in [1.29, 1.82) is 0 Å². The summed E-state index contributed by atoms with van der Waals surface area (Å²) in [6.07, 6.45) is 5.50. The zero-order valence-corrected chi connectivity index (χ0v) is 6.96. The molecule has 0 aromatic heterocycles. The minimum Gasteiger partial charge on any atom is -0.297 e. The molecule has 1 aliphatic rings. The molecule has 0 saturated heterocycles. The summed E-state index contributed by atoms with van der Waals surface area (Å²) < 4.78 is 0. The average molecular weight is 135 g/mol. The van der Waals surface area contributed by atoms with Crippen LogP contribution in [-0.2, 0) is 0 Å². The van der Waals surface area contributed by atoms with Gasteiger partial charge >= 0.3 is 0 Å². The highest BCUT2D eigenvalue weighted by Gasteiger charge is 2.10. The largest absolute Gasteiger partial charge is 0.297 e. The van der Waals surface area contributed by atoms with Gasteiger partial charge in [0.15, 0.2) is 7.85 Å². The standard InChI is InChI=1S/C8H14BN/c1-6-4-3-5-8(9)10-7(6)2/h3,5-7H,4,9H2,1-2H3/t6-,7?/m1/s1. The SMILES string of the molecule is BC1=NC(C)[C@H](C)CC=C1. The van der Waals surface area contributed by atoms with Gasteiger partial charge in [-0.1, -0.05) is 19.1 Å². The second kappa shape index (κ2) is 3.04. The van der Waals surface area contributed by atoms with E-state index in [4.69, 9.17) is 0 Å². The summed E-state index contributed by atoms with van der Waals surface area (Å²) in [4.78, 5) is 4.49. The molecule has 2 heteroatoms. The van der Waals surface area contributed by atoms with E-state index in [0.717, 1.165) is 5.61 Å². The van der Waals surface area contributed by atoms with Crippen molar-refractivity contribution < 1.29 is 0 Å². The van der Waals surface area contributed by atoms with Crippen LogP contribution in [0, 0.1) is 5.92 Å². The van der Waals surface area contributed by atoms with Crippen LogP contribution in [0.4, 0.5) is 0 Å². The molecular formula is C8H14BN. The van der Waals surface area contributed by atoms with Crippen molar-refractivity contribution in [1.82, 2.24) is 0 Å². The van der Waals surface area contributed by atoms with Gasteiger partial charge in [-0.25, -0.2) is 0 Å². The zero-order valence-electron chi connectivity index (χ0n) is 6.96. The van der Waals surface area contributed by atoms with E-state index in [-0.39, 0.29) is 0 Å². The predicted molar refractivity (Wildman–Crippen MR) is 48.4 cm³/mol. The van der Waals surface area contributed by atoms with Crippen LogP contribution >= 0.6 is 0 Å². The van der Waals surface area contributed by atoms with Gasteiger partial charge in [-0.2, -0.15) is 0 Å². The van der Waals surface area contributed by atoms with Crippen molar-refractivity contribution in [2.75, 3.05) is 0 Å². The van der Waals surface area contributed by atoms with Gasteiger partial charge in [-0.3, -0.25) is 4.99 Å². The fourth-order valence-corrected chi connectivity index (χ4v) is 1.14. The molecule has 10 heavy (non-hydrogen) atoms. The van der Waals surface area contributed by atoms with Gasteiger partial charge < -0.3 is 0 Å². The van der Waals surface area contributed by atoms with Gasteiger partial charge in [0.1, 0.15) is 0 Å². The second-order valence-electron chi connectivity index (χ2n) is 3.13. The quantitative estimate of drug-likeness (QED) is 0.439. The van der Waals surface area contributed by atoms with Crippen molar-refractivity contribution in [3.8, 4) is 0 Å². The first-order chi connectivity index (χ1) is 4.70. The molecule has 0 amide bonds. The number of nitrogens with zero attached hydrogens (tertiary/aromatic N) is 1. The Labute approximate surface area is 63.6 Å². The van der Waals surface area contributed by atoms with Crippen LogP contribution < -0.4 is 0 Å². The summed E-state index contributed by atoms with van der Waals surface area (Å²) in [5, 5.41) is 0. The lowest BCUT2D eigenvalue weighted by molar-refractivity contribution is 0.496. The molecule has 2 atom stereocenters. The Kier molecular flexibility index (Phi) is 2.31. The number of rotatable bonds is 0. The molecule has 0 N–H and O–H groups in total. The van der Waals surface area contributed by atoms with Crippen LogP contribution in [0.3, 0.4) is 0 Å². The molecule has 0 spiro atoms. The summed E-state index contributed by atoms with van der Waals surface area (Å²) in [5.41, 5.74) is 1.16. The topological polar surface area (TPSA) is 12.4 Å². The van der Waals surface area contributed by atoms with E-state index in [0.29, 0.717) is 12.0 Å². The van der Waals surface area contributed by atoms with Gasteiger partial charge in [0.2, 0.25) is 0 Å². The molecule has 1 nitrogen and oxygen atoms in total. The van der Waals surface area contributed by atoms with Crippen LogP contribution in [0.5, 0.6) is 0 Å². The van der Waals surface area contributed by atoms with Crippen LogP contribution in [0.1, 0.15) is 20.3 Å². The number of allylic oxidation sites excluding steroid dienone is 2. The predicted octanol–water partition coefficient (Wildman–Crippen LogP) is 1.00. The molecule has 54 valence electrons. The van der Waals surface area contributed by atoms with Gasteiger partial charge in [0.05, 0.1) is 0 Å². The fraction of sp³-hybridized carbons (Fsp3) is 0.625. The Morgan fingerprint density at radius 3 is 3.00 bits per heavy atom. The molecule has 1 aliphatic heterocycles. The van der Waals surface area contributed by atoms with Crippen LogP contribution in [0.2, 0.25) is 0 Å². The van der Waals surface area contributed by atoms with Crippen LogP contribution in [0.25, 0.3) is 0 Å². The number of hydrogen-bond acceptors (Lipinski definition) is 1. The lowest BCUT2D eigenvalue weighted by Gasteiger charge is -2.11. The molecule has 0 fully saturated rings. The molecule has 0 saturated carbocycles. The minimum atomic E-state index is 0.495. The first kappa shape index (κ1) is 7.58. The van der Waals surface area contributed by atoms with E-state index < -0.39 is 0 Å². The third-order valence-corrected chi connectivity index (χ3v) is 2.10. The highest BCUT2D eigenvalue weighted by atomic mass is 14.8. The van der Waals surface area contributed by atoms with E-state index in [2.05, 4.69) is 38.8 Å². The maximum absolute atomic E-state index is 4.49. The molecule has 1 heterocycles. The smallest absolute Gasteiger partial charge is 0.163 e. The molecule has 0 bridgehead atoms. The van der Waals surface area contributed by atoms with Gasteiger partial charge in [0, 0.05) is 6.04 Å². The molecule has 0 radical (unpaired) electrons. The van der Waals surface area contributed by atoms with Crippen molar-refractivity contribution in [3.63, 3.8) is 0 Å². The molecule has 1 unspecified atom stereocenters. The van der Waals surface area contributed by atoms with Gasteiger partial charge in [-0.15, -0.1) is 0 Å². The Balaban J connectivity index is 2.71. The summed E-state index contributed by atoms with van der Waals surface area (Å²) in [6.45, 7) is 4.43. The number of aliphatic imine (C=N–C) groups is 1. The van der Waals surface area contributed by atoms with Crippen molar-refractivity contribution in [3.05, 3.63) is 12.2 Å². The Morgan fingerprint density at radius 1 is 1.60 bits per heavy atom. The second-order valence-corrected chi connectivity index (χ2v) is 3.13. The zero-order chi connectivity index (χ0) is 7.56. The molecular weight excluding hydrogens is 121 g/mol. The molecule has 0 aromatic carbocycles. The van der Waals surface area contributed by atoms with Crippen molar-refractivity contribution >= 4 is 13.5 Å². The van der Waals surface area contributed by atoms with E-state index in [9.17, 15) is 0 Å². The molecule has 0 aliphatic carbocycles. The monoisotopic (exact) mass is 135 g/mol. The highest BCUT2D eigenvalue weighted by Crippen LogP contribution is 2.14. The third-order valence-electron chi connectivity index (χ3n) is 2.10. The summed E-state index contributed by atoms with van der Waals surface area (Å²) >= 11 is 0. The normalized spacial score (nSPS) is 33.2.